The average Bonchev–Trinajstić information content (AvgIpc) is 2.61. The normalized spacial score (nSPS) is 12.3. The second kappa shape index (κ2) is 8.36. The van der Waals surface area contributed by atoms with Gasteiger partial charge in [0, 0.05) is 0 Å². The Morgan fingerprint density at radius 1 is 1.28 bits per heavy atom. The maximum absolute atomic E-state index is 10.9. The van der Waals surface area contributed by atoms with Gasteiger partial charge in [-0.05, 0) is 54.8 Å². The molecule has 0 amide bonds. The Balaban J connectivity index is 2.29. The zero-order valence-corrected chi connectivity index (χ0v) is 14.7. The summed E-state index contributed by atoms with van der Waals surface area (Å²) in [5, 5.41) is 18.8. The zero-order chi connectivity index (χ0) is 18.4. The molecular weight excluding hydrogens is 338 g/mol. The molecule has 2 rings (SSSR count). The van der Waals surface area contributed by atoms with Gasteiger partial charge in [-0.3, -0.25) is 0 Å². The molecule has 2 aromatic rings. The number of rotatable bonds is 6. The number of halogens is 1. The van der Waals surface area contributed by atoms with Crippen molar-refractivity contribution in [3.63, 3.8) is 0 Å². The highest BCUT2D eigenvalue weighted by molar-refractivity contribution is 6.32. The Bertz CT molecular complexity index is 835. The van der Waals surface area contributed by atoms with Crippen molar-refractivity contribution in [2.24, 2.45) is 0 Å². The Morgan fingerprint density at radius 3 is 2.44 bits per heavy atom. The Morgan fingerprint density at radius 2 is 1.92 bits per heavy atom. The van der Waals surface area contributed by atoms with Crippen LogP contribution in [0, 0.1) is 11.3 Å². The van der Waals surface area contributed by atoms with Crippen LogP contribution in [0.3, 0.4) is 0 Å². The fourth-order valence-corrected chi connectivity index (χ4v) is 2.38. The summed E-state index contributed by atoms with van der Waals surface area (Å²) in [6.45, 7) is 4.00. The first-order valence-corrected chi connectivity index (χ1v) is 8.24. The molecule has 1 atom stereocenters. The summed E-state index contributed by atoms with van der Waals surface area (Å²) in [5.41, 5.74) is 2.00. The molecule has 0 aliphatic rings. The maximum atomic E-state index is 10.9. The van der Waals surface area contributed by atoms with E-state index in [-0.39, 0.29) is 11.7 Å². The third kappa shape index (κ3) is 4.85. The van der Waals surface area contributed by atoms with Crippen molar-refractivity contribution in [1.29, 1.82) is 5.26 Å². The second-order valence-electron chi connectivity index (χ2n) is 5.58. The molecular formula is C20H18ClNO3. The molecule has 0 saturated carbocycles. The molecule has 0 bridgehead atoms. The molecule has 5 heteroatoms. The quantitative estimate of drug-likeness (QED) is 0.565. The van der Waals surface area contributed by atoms with Gasteiger partial charge < -0.3 is 9.84 Å². The van der Waals surface area contributed by atoms with E-state index in [4.69, 9.17) is 21.4 Å². The van der Waals surface area contributed by atoms with Crippen molar-refractivity contribution >= 4 is 29.2 Å². The molecule has 1 N–H and O–H groups in total. The van der Waals surface area contributed by atoms with Crippen molar-refractivity contribution in [3.8, 4) is 11.8 Å². The molecule has 0 aliphatic heterocycles. The first-order chi connectivity index (χ1) is 11.9. The molecule has 0 saturated heterocycles. The van der Waals surface area contributed by atoms with Crippen LogP contribution < -0.4 is 4.74 Å². The molecule has 0 spiro atoms. The molecule has 0 aromatic heterocycles. The largest absolute Gasteiger partial charge is 0.489 e. The van der Waals surface area contributed by atoms with E-state index < -0.39 is 5.97 Å². The van der Waals surface area contributed by atoms with Crippen LogP contribution in [0.4, 0.5) is 0 Å². The van der Waals surface area contributed by atoms with E-state index in [1.165, 1.54) is 12.1 Å². The Hall–Kier alpha value is -2.77. The van der Waals surface area contributed by atoms with E-state index in [0.717, 1.165) is 12.0 Å². The van der Waals surface area contributed by atoms with Crippen LogP contribution in [0.1, 0.15) is 41.8 Å². The monoisotopic (exact) mass is 355 g/mol. The van der Waals surface area contributed by atoms with Crippen LogP contribution in [-0.2, 0) is 0 Å². The number of allylic oxidation sites excluding steroid dienone is 1. The summed E-state index contributed by atoms with van der Waals surface area (Å²) >= 11 is 6.26. The van der Waals surface area contributed by atoms with Gasteiger partial charge in [-0.25, -0.2) is 4.79 Å². The van der Waals surface area contributed by atoms with Gasteiger partial charge in [0.05, 0.1) is 28.3 Å². The number of nitriles is 1. The van der Waals surface area contributed by atoms with Crippen molar-refractivity contribution in [2.45, 2.75) is 26.4 Å². The van der Waals surface area contributed by atoms with E-state index >= 15 is 0 Å². The number of nitrogens with zero attached hydrogens (tertiary/aromatic N) is 1. The summed E-state index contributed by atoms with van der Waals surface area (Å²) in [6, 6.07) is 13.6. The van der Waals surface area contributed by atoms with Gasteiger partial charge in [0.1, 0.15) is 5.75 Å². The minimum atomic E-state index is -1.00. The lowest BCUT2D eigenvalue weighted by Gasteiger charge is -2.14. The van der Waals surface area contributed by atoms with E-state index in [1.807, 2.05) is 19.9 Å². The van der Waals surface area contributed by atoms with E-state index in [9.17, 15) is 10.1 Å². The van der Waals surface area contributed by atoms with Gasteiger partial charge in [0.25, 0.3) is 0 Å². The average molecular weight is 356 g/mol. The summed E-state index contributed by atoms with van der Waals surface area (Å²) in [5.74, 6) is -0.393. The van der Waals surface area contributed by atoms with E-state index in [2.05, 4.69) is 6.07 Å². The van der Waals surface area contributed by atoms with Crippen LogP contribution in [0.15, 0.2) is 42.5 Å². The minimum Gasteiger partial charge on any atom is -0.489 e. The maximum Gasteiger partial charge on any atom is 0.335 e. The molecule has 0 radical (unpaired) electrons. The third-order valence-corrected chi connectivity index (χ3v) is 4.03. The number of carbonyl (C=O) groups is 1. The molecule has 1 unspecified atom stereocenters. The van der Waals surface area contributed by atoms with Crippen molar-refractivity contribution < 1.29 is 14.6 Å². The molecule has 25 heavy (non-hydrogen) atoms. The van der Waals surface area contributed by atoms with Crippen LogP contribution in [0.2, 0.25) is 5.02 Å². The predicted molar refractivity (Wildman–Crippen MR) is 98.7 cm³/mol. The lowest BCUT2D eigenvalue weighted by atomic mass is 10.0. The van der Waals surface area contributed by atoms with Crippen molar-refractivity contribution in [1.82, 2.24) is 0 Å². The summed E-state index contributed by atoms with van der Waals surface area (Å²) in [4.78, 5) is 10.9. The second-order valence-corrected chi connectivity index (χ2v) is 5.99. The standard InChI is InChI=1S/C20H18ClNO3/c1-3-13(2)25-19-9-4-14(11-18(19)21)10-17(12-22)15-5-7-16(8-6-15)20(23)24/h4-11,13H,3H2,1-2H3,(H,23,24). The predicted octanol–water partition coefficient (Wildman–Crippen LogP) is 5.28. The number of ether oxygens (including phenoxy) is 1. The summed E-state index contributed by atoms with van der Waals surface area (Å²) in [7, 11) is 0. The first-order valence-electron chi connectivity index (χ1n) is 7.86. The SMILES string of the molecule is CCC(C)Oc1ccc(C=C(C#N)c2ccc(C(=O)O)cc2)cc1Cl. The van der Waals surface area contributed by atoms with Crippen LogP contribution in [-0.4, -0.2) is 17.2 Å². The number of benzene rings is 2. The molecule has 0 fully saturated rings. The van der Waals surface area contributed by atoms with Crippen LogP contribution in [0.5, 0.6) is 5.75 Å². The minimum absolute atomic E-state index is 0.0707. The van der Waals surface area contributed by atoms with Gasteiger partial charge in [-0.1, -0.05) is 36.7 Å². The summed E-state index contributed by atoms with van der Waals surface area (Å²) < 4.78 is 5.73. The van der Waals surface area contributed by atoms with Gasteiger partial charge in [0.2, 0.25) is 0 Å². The lowest BCUT2D eigenvalue weighted by Crippen LogP contribution is -2.09. The third-order valence-electron chi connectivity index (χ3n) is 3.73. The van der Waals surface area contributed by atoms with Gasteiger partial charge >= 0.3 is 5.97 Å². The number of carboxylic acids is 1. The smallest absolute Gasteiger partial charge is 0.335 e. The number of aromatic carboxylic acids is 1. The molecule has 4 nitrogen and oxygen atoms in total. The van der Waals surface area contributed by atoms with Crippen molar-refractivity contribution in [2.75, 3.05) is 0 Å². The lowest BCUT2D eigenvalue weighted by molar-refractivity contribution is 0.0697. The number of hydrogen-bond donors (Lipinski definition) is 1. The number of carboxylic acid groups (broad SMARTS) is 1. The van der Waals surface area contributed by atoms with E-state index in [1.54, 1.807) is 30.3 Å². The van der Waals surface area contributed by atoms with Gasteiger partial charge in [-0.2, -0.15) is 5.26 Å². The molecule has 128 valence electrons. The highest BCUT2D eigenvalue weighted by atomic mass is 35.5. The molecule has 0 aliphatic carbocycles. The Labute approximate surface area is 151 Å². The number of hydrogen-bond acceptors (Lipinski definition) is 3. The van der Waals surface area contributed by atoms with Crippen LogP contribution in [0.25, 0.3) is 11.6 Å². The van der Waals surface area contributed by atoms with Crippen molar-refractivity contribution in [3.05, 3.63) is 64.2 Å². The van der Waals surface area contributed by atoms with Crippen LogP contribution >= 0.6 is 11.6 Å². The molecule has 2 aromatic carbocycles. The zero-order valence-electron chi connectivity index (χ0n) is 14.0. The first kappa shape index (κ1) is 18.6. The van der Waals surface area contributed by atoms with Gasteiger partial charge in [0.15, 0.2) is 0 Å². The fourth-order valence-electron chi connectivity index (χ4n) is 2.14. The topological polar surface area (TPSA) is 70.3 Å². The molecule has 0 heterocycles. The highest BCUT2D eigenvalue weighted by Gasteiger charge is 2.08. The summed E-state index contributed by atoms with van der Waals surface area (Å²) in [6.07, 6.45) is 2.65. The van der Waals surface area contributed by atoms with E-state index in [0.29, 0.717) is 21.9 Å². The van der Waals surface area contributed by atoms with Gasteiger partial charge in [-0.15, -0.1) is 0 Å². The highest BCUT2D eigenvalue weighted by Crippen LogP contribution is 2.28. The fraction of sp³-hybridized carbons (Fsp3) is 0.200. The Kier molecular flexibility index (Phi) is 6.21.